The van der Waals surface area contributed by atoms with E-state index in [0.717, 1.165) is 6.54 Å². The van der Waals surface area contributed by atoms with E-state index < -0.39 is 18.0 Å². The number of hydrogen-bond acceptors (Lipinski definition) is 4. The van der Waals surface area contributed by atoms with Crippen LogP contribution in [0.2, 0.25) is 0 Å². The predicted octanol–water partition coefficient (Wildman–Crippen LogP) is -0.334. The van der Waals surface area contributed by atoms with Crippen LogP contribution in [-0.4, -0.2) is 47.2 Å². The SMILES string of the molecule is CC1CNCC1C(=O)N[C@H](CCCC(=O)O)C(=O)O. The molecule has 1 amide bonds. The van der Waals surface area contributed by atoms with Crippen molar-refractivity contribution >= 4 is 17.8 Å². The van der Waals surface area contributed by atoms with Crippen LogP contribution in [-0.2, 0) is 14.4 Å². The number of amides is 1. The van der Waals surface area contributed by atoms with Crippen molar-refractivity contribution < 1.29 is 24.6 Å². The van der Waals surface area contributed by atoms with Gasteiger partial charge < -0.3 is 20.8 Å². The second-order valence-corrected chi connectivity index (χ2v) is 4.93. The third-order valence-corrected chi connectivity index (χ3v) is 3.35. The van der Waals surface area contributed by atoms with Gasteiger partial charge in [-0.3, -0.25) is 9.59 Å². The average Bonchev–Trinajstić information content (AvgIpc) is 2.73. The first-order chi connectivity index (χ1) is 8.91. The maximum absolute atomic E-state index is 11.9. The Morgan fingerprint density at radius 3 is 2.47 bits per heavy atom. The normalized spacial score (nSPS) is 23.8. The van der Waals surface area contributed by atoms with Crippen molar-refractivity contribution in [2.24, 2.45) is 11.8 Å². The fourth-order valence-electron chi connectivity index (χ4n) is 2.15. The molecule has 1 fully saturated rings. The van der Waals surface area contributed by atoms with Gasteiger partial charge in [0.15, 0.2) is 0 Å². The van der Waals surface area contributed by atoms with E-state index in [1.807, 2.05) is 6.92 Å². The molecule has 0 aromatic rings. The van der Waals surface area contributed by atoms with E-state index in [1.54, 1.807) is 0 Å². The van der Waals surface area contributed by atoms with Gasteiger partial charge in [0.05, 0.1) is 5.92 Å². The number of hydrogen-bond donors (Lipinski definition) is 4. The molecule has 108 valence electrons. The fourth-order valence-corrected chi connectivity index (χ4v) is 2.15. The molecule has 7 heteroatoms. The Balaban J connectivity index is 2.46. The van der Waals surface area contributed by atoms with Gasteiger partial charge in [0.2, 0.25) is 5.91 Å². The Hall–Kier alpha value is -1.63. The van der Waals surface area contributed by atoms with Crippen LogP contribution in [0.15, 0.2) is 0 Å². The number of aliphatic carboxylic acids is 2. The summed E-state index contributed by atoms with van der Waals surface area (Å²) in [5.41, 5.74) is 0. The van der Waals surface area contributed by atoms with Crippen LogP contribution < -0.4 is 10.6 Å². The molecule has 4 N–H and O–H groups in total. The van der Waals surface area contributed by atoms with Gasteiger partial charge in [-0.25, -0.2) is 4.79 Å². The van der Waals surface area contributed by atoms with Crippen LogP contribution >= 0.6 is 0 Å². The number of carboxylic acid groups (broad SMARTS) is 2. The van der Waals surface area contributed by atoms with Gasteiger partial charge in [0.25, 0.3) is 0 Å². The highest BCUT2D eigenvalue weighted by atomic mass is 16.4. The summed E-state index contributed by atoms with van der Waals surface area (Å²) >= 11 is 0. The van der Waals surface area contributed by atoms with Crippen molar-refractivity contribution in [3.63, 3.8) is 0 Å². The second-order valence-electron chi connectivity index (χ2n) is 4.93. The van der Waals surface area contributed by atoms with Gasteiger partial charge >= 0.3 is 11.9 Å². The maximum Gasteiger partial charge on any atom is 0.326 e. The summed E-state index contributed by atoms with van der Waals surface area (Å²) in [5.74, 6) is -2.42. The molecule has 0 aromatic carbocycles. The van der Waals surface area contributed by atoms with E-state index in [4.69, 9.17) is 10.2 Å². The molecule has 0 radical (unpaired) electrons. The summed E-state index contributed by atoms with van der Waals surface area (Å²) in [4.78, 5) is 33.3. The molecule has 1 aliphatic heterocycles. The Bertz CT molecular complexity index is 358. The molecule has 1 rings (SSSR count). The fraction of sp³-hybridized carbons (Fsp3) is 0.750. The molecule has 0 bridgehead atoms. The molecule has 0 aromatic heterocycles. The van der Waals surface area contributed by atoms with Gasteiger partial charge in [0, 0.05) is 13.0 Å². The molecular weight excluding hydrogens is 252 g/mol. The summed E-state index contributed by atoms with van der Waals surface area (Å²) < 4.78 is 0. The zero-order valence-corrected chi connectivity index (χ0v) is 10.9. The first kappa shape index (κ1) is 15.4. The summed E-state index contributed by atoms with van der Waals surface area (Å²) in [5, 5.41) is 23.1. The monoisotopic (exact) mass is 272 g/mol. The highest BCUT2D eigenvalue weighted by Crippen LogP contribution is 2.16. The molecule has 0 spiro atoms. The molecule has 1 saturated heterocycles. The smallest absolute Gasteiger partial charge is 0.326 e. The van der Waals surface area contributed by atoms with Gasteiger partial charge in [-0.05, 0) is 25.3 Å². The molecule has 1 heterocycles. The number of carboxylic acids is 2. The van der Waals surface area contributed by atoms with Crippen molar-refractivity contribution in [2.75, 3.05) is 13.1 Å². The number of carbonyl (C=O) groups is 3. The largest absolute Gasteiger partial charge is 0.481 e. The Labute approximate surface area is 111 Å². The number of carbonyl (C=O) groups excluding carboxylic acids is 1. The first-order valence-corrected chi connectivity index (χ1v) is 6.37. The molecule has 0 aliphatic carbocycles. The van der Waals surface area contributed by atoms with E-state index in [1.165, 1.54) is 0 Å². The van der Waals surface area contributed by atoms with Crippen molar-refractivity contribution in [3.05, 3.63) is 0 Å². The van der Waals surface area contributed by atoms with Gasteiger partial charge in [0.1, 0.15) is 6.04 Å². The average molecular weight is 272 g/mol. The van der Waals surface area contributed by atoms with Gasteiger partial charge in [-0.2, -0.15) is 0 Å². The Morgan fingerprint density at radius 1 is 1.32 bits per heavy atom. The van der Waals surface area contributed by atoms with Crippen LogP contribution in [0, 0.1) is 11.8 Å². The molecular formula is C12H20N2O5. The highest BCUT2D eigenvalue weighted by molar-refractivity contribution is 5.85. The second kappa shape index (κ2) is 7.08. The third kappa shape index (κ3) is 4.86. The predicted molar refractivity (Wildman–Crippen MR) is 66.6 cm³/mol. The van der Waals surface area contributed by atoms with Crippen molar-refractivity contribution in [2.45, 2.75) is 32.2 Å². The van der Waals surface area contributed by atoms with E-state index in [2.05, 4.69) is 10.6 Å². The number of nitrogens with one attached hydrogen (secondary N) is 2. The standard InChI is InChI=1S/C12H20N2O5/c1-7-5-13-6-8(7)11(17)14-9(12(18)19)3-2-4-10(15)16/h7-9,13H,2-6H2,1H3,(H,14,17)(H,15,16)(H,18,19)/t7?,8?,9-/m1/s1. The third-order valence-electron chi connectivity index (χ3n) is 3.35. The minimum absolute atomic E-state index is 0.0962. The van der Waals surface area contributed by atoms with Crippen LogP contribution in [0.25, 0.3) is 0 Å². The zero-order valence-electron chi connectivity index (χ0n) is 10.9. The molecule has 2 unspecified atom stereocenters. The van der Waals surface area contributed by atoms with Crippen molar-refractivity contribution in [3.8, 4) is 0 Å². The van der Waals surface area contributed by atoms with E-state index in [0.29, 0.717) is 6.54 Å². The van der Waals surface area contributed by atoms with E-state index >= 15 is 0 Å². The van der Waals surface area contributed by atoms with Gasteiger partial charge in [-0.1, -0.05) is 6.92 Å². The zero-order chi connectivity index (χ0) is 14.4. The summed E-state index contributed by atoms with van der Waals surface area (Å²) in [6, 6.07) is -1.01. The Kier molecular flexibility index (Phi) is 5.75. The lowest BCUT2D eigenvalue weighted by molar-refractivity contribution is -0.143. The van der Waals surface area contributed by atoms with E-state index in [-0.39, 0.29) is 37.0 Å². The molecule has 1 aliphatic rings. The van der Waals surface area contributed by atoms with E-state index in [9.17, 15) is 14.4 Å². The van der Waals surface area contributed by atoms with Crippen molar-refractivity contribution in [1.29, 1.82) is 0 Å². The maximum atomic E-state index is 11.9. The lowest BCUT2D eigenvalue weighted by atomic mass is 9.96. The van der Waals surface area contributed by atoms with Crippen molar-refractivity contribution in [1.82, 2.24) is 10.6 Å². The quantitative estimate of drug-likeness (QED) is 0.504. The van der Waals surface area contributed by atoms with Crippen LogP contribution in [0.1, 0.15) is 26.2 Å². The summed E-state index contributed by atoms with van der Waals surface area (Å²) in [7, 11) is 0. The molecule has 7 nitrogen and oxygen atoms in total. The Morgan fingerprint density at radius 2 is 2.00 bits per heavy atom. The first-order valence-electron chi connectivity index (χ1n) is 6.37. The molecule has 19 heavy (non-hydrogen) atoms. The van der Waals surface area contributed by atoms with Crippen LogP contribution in [0.3, 0.4) is 0 Å². The van der Waals surface area contributed by atoms with Crippen LogP contribution in [0.5, 0.6) is 0 Å². The lowest BCUT2D eigenvalue weighted by Crippen LogP contribution is -2.45. The molecule has 0 saturated carbocycles. The topological polar surface area (TPSA) is 116 Å². The minimum Gasteiger partial charge on any atom is -0.481 e. The highest BCUT2D eigenvalue weighted by Gasteiger charge is 2.32. The molecule has 3 atom stereocenters. The minimum atomic E-state index is -1.13. The number of rotatable bonds is 7. The summed E-state index contributed by atoms with van der Waals surface area (Å²) in [6.07, 6.45) is 0.258. The lowest BCUT2D eigenvalue weighted by Gasteiger charge is -2.19. The summed E-state index contributed by atoms with van der Waals surface area (Å²) in [6.45, 7) is 3.23. The van der Waals surface area contributed by atoms with Crippen LogP contribution in [0.4, 0.5) is 0 Å². The van der Waals surface area contributed by atoms with Gasteiger partial charge in [-0.15, -0.1) is 0 Å².